The molecule has 0 atom stereocenters. The second-order valence-electron chi connectivity index (χ2n) is 8.46. The molecule has 4 heteroatoms. The Bertz CT molecular complexity index is 1120. The highest BCUT2D eigenvalue weighted by atomic mass is 16.6. The Hall–Kier alpha value is -3.79. The zero-order valence-corrected chi connectivity index (χ0v) is 19.6. The maximum atomic E-state index is 12.3. The number of amides is 1. The highest BCUT2D eigenvalue weighted by molar-refractivity contribution is 5.78. The van der Waals surface area contributed by atoms with E-state index < -0.39 is 11.6 Å². The van der Waals surface area contributed by atoms with Gasteiger partial charge in [0.2, 0.25) is 0 Å². The normalized spacial score (nSPS) is 10.9. The van der Waals surface area contributed by atoms with Crippen molar-refractivity contribution in [2.24, 2.45) is 0 Å². The third-order valence-corrected chi connectivity index (χ3v) is 5.40. The fourth-order valence-corrected chi connectivity index (χ4v) is 3.39. The van der Waals surface area contributed by atoms with Crippen LogP contribution in [0.2, 0.25) is 0 Å². The van der Waals surface area contributed by atoms with E-state index in [-0.39, 0.29) is 13.2 Å². The van der Waals surface area contributed by atoms with Gasteiger partial charge in [-0.15, -0.1) is 0 Å². The molecule has 0 aliphatic rings. The average molecular weight is 442 g/mol. The lowest BCUT2D eigenvalue weighted by Gasteiger charge is -2.27. The summed E-state index contributed by atoms with van der Waals surface area (Å²) in [5.74, 6) is 0.709. The molecule has 0 aromatic heterocycles. The number of carbonyl (C=O) groups is 1. The highest BCUT2D eigenvalue weighted by Gasteiger charge is 2.24. The van der Waals surface area contributed by atoms with Crippen LogP contribution in [0, 0.1) is 0 Å². The molecule has 0 aliphatic heterocycles. The van der Waals surface area contributed by atoms with E-state index in [1.165, 1.54) is 0 Å². The van der Waals surface area contributed by atoms with Gasteiger partial charge in [0, 0.05) is 0 Å². The molecule has 0 saturated carbocycles. The van der Waals surface area contributed by atoms with Crippen LogP contribution in [0.15, 0.2) is 92.0 Å². The first kappa shape index (κ1) is 23.9. The van der Waals surface area contributed by atoms with Crippen LogP contribution in [0.4, 0.5) is 4.79 Å². The smallest absolute Gasteiger partial charge is 0.407 e. The molecular formula is C29H31NO3. The van der Waals surface area contributed by atoms with Crippen LogP contribution in [-0.2, 0) is 10.3 Å². The minimum absolute atomic E-state index is 0.145. The fraction of sp³-hybridized carbons (Fsp3) is 0.207. The van der Waals surface area contributed by atoms with Crippen molar-refractivity contribution in [3.05, 3.63) is 114 Å². The van der Waals surface area contributed by atoms with Crippen LogP contribution in [0.1, 0.15) is 43.0 Å². The third-order valence-electron chi connectivity index (χ3n) is 5.40. The summed E-state index contributed by atoms with van der Waals surface area (Å²) in [6, 6.07) is 25.7. The number of hydrogen-bond acceptors (Lipinski definition) is 3. The van der Waals surface area contributed by atoms with Gasteiger partial charge in [-0.2, -0.15) is 0 Å². The Kier molecular flexibility index (Phi) is 7.73. The van der Waals surface area contributed by atoms with Crippen molar-refractivity contribution in [3.63, 3.8) is 0 Å². The Morgan fingerprint density at radius 2 is 1.48 bits per heavy atom. The predicted molar refractivity (Wildman–Crippen MR) is 135 cm³/mol. The summed E-state index contributed by atoms with van der Waals surface area (Å²) in [6.45, 7) is 14.4. The lowest BCUT2D eigenvalue weighted by atomic mass is 9.92. The summed E-state index contributed by atoms with van der Waals surface area (Å²) in [4.78, 5) is 12.3. The van der Waals surface area contributed by atoms with Crippen LogP contribution in [0.3, 0.4) is 0 Å². The van der Waals surface area contributed by atoms with E-state index in [2.05, 4.69) is 18.5 Å². The molecule has 0 spiro atoms. The van der Waals surface area contributed by atoms with E-state index in [0.717, 1.165) is 33.4 Å². The van der Waals surface area contributed by atoms with Crippen LogP contribution in [0.25, 0.3) is 11.1 Å². The summed E-state index contributed by atoms with van der Waals surface area (Å²) >= 11 is 0. The van der Waals surface area contributed by atoms with Crippen molar-refractivity contribution >= 4 is 17.2 Å². The summed E-state index contributed by atoms with van der Waals surface area (Å²) in [6.07, 6.45) is -0.487. The molecule has 170 valence electrons. The number of rotatable bonds is 9. The zero-order chi connectivity index (χ0) is 23.8. The second kappa shape index (κ2) is 10.7. The quantitative estimate of drug-likeness (QED) is 0.371. The molecule has 0 aliphatic carbocycles. The molecular weight excluding hydrogens is 410 g/mol. The van der Waals surface area contributed by atoms with Gasteiger partial charge in [-0.25, -0.2) is 4.79 Å². The lowest BCUT2D eigenvalue weighted by Crippen LogP contribution is -2.41. The molecule has 3 aromatic rings. The summed E-state index contributed by atoms with van der Waals surface area (Å²) in [5, 5.41) is 2.92. The molecule has 4 nitrogen and oxygen atoms in total. The maximum absolute atomic E-state index is 12.3. The first-order valence-electron chi connectivity index (χ1n) is 11.0. The summed E-state index contributed by atoms with van der Waals surface area (Å²) in [5.41, 5.74) is 5.49. The Balaban J connectivity index is 1.46. The lowest BCUT2D eigenvalue weighted by molar-refractivity contribution is 0.117. The topological polar surface area (TPSA) is 47.6 Å². The van der Waals surface area contributed by atoms with Gasteiger partial charge in [-0.3, -0.25) is 0 Å². The van der Waals surface area contributed by atoms with Crippen LogP contribution >= 0.6 is 0 Å². The number of benzene rings is 3. The maximum Gasteiger partial charge on any atom is 0.407 e. The van der Waals surface area contributed by atoms with Gasteiger partial charge in [0.25, 0.3) is 0 Å². The monoisotopic (exact) mass is 441 g/mol. The molecule has 33 heavy (non-hydrogen) atoms. The highest BCUT2D eigenvalue weighted by Crippen LogP contribution is 2.24. The second-order valence-corrected chi connectivity index (χ2v) is 8.46. The van der Waals surface area contributed by atoms with Gasteiger partial charge in [0.1, 0.15) is 19.0 Å². The number of hydrogen-bond donors (Lipinski definition) is 1. The SMILES string of the molecule is C=C(C)c1cccc(C(C)(C)NC(=O)OCCOc2ccc(C(=C)c3ccccc3)cc2)c1. The predicted octanol–water partition coefficient (Wildman–Crippen LogP) is 6.82. The Labute approximate surface area is 196 Å². The number of alkyl carbamates (subject to hydrolysis) is 1. The van der Waals surface area contributed by atoms with Gasteiger partial charge < -0.3 is 14.8 Å². The molecule has 0 radical (unpaired) electrons. The average Bonchev–Trinajstić information content (AvgIpc) is 2.82. The van der Waals surface area contributed by atoms with Gasteiger partial charge in [-0.1, -0.05) is 79.4 Å². The van der Waals surface area contributed by atoms with E-state index in [4.69, 9.17) is 9.47 Å². The molecule has 0 unspecified atom stereocenters. The minimum atomic E-state index is -0.583. The first-order valence-corrected chi connectivity index (χ1v) is 11.0. The van der Waals surface area contributed by atoms with Crippen molar-refractivity contribution in [1.82, 2.24) is 5.32 Å². The molecule has 1 N–H and O–H groups in total. The van der Waals surface area contributed by atoms with Crippen LogP contribution in [0.5, 0.6) is 5.75 Å². The van der Waals surface area contributed by atoms with Crippen molar-refractivity contribution in [3.8, 4) is 5.75 Å². The fourth-order valence-electron chi connectivity index (χ4n) is 3.39. The van der Waals surface area contributed by atoms with E-state index in [0.29, 0.717) is 5.75 Å². The molecule has 0 bridgehead atoms. The minimum Gasteiger partial charge on any atom is -0.490 e. The molecule has 0 fully saturated rings. The van der Waals surface area contributed by atoms with Crippen molar-refractivity contribution in [1.29, 1.82) is 0 Å². The number of ether oxygens (including phenoxy) is 2. The number of allylic oxidation sites excluding steroid dienone is 1. The van der Waals surface area contributed by atoms with Crippen molar-refractivity contribution in [2.45, 2.75) is 26.3 Å². The van der Waals surface area contributed by atoms with Gasteiger partial charge in [0.05, 0.1) is 5.54 Å². The molecule has 3 aromatic carbocycles. The van der Waals surface area contributed by atoms with E-state index >= 15 is 0 Å². The molecule has 1 amide bonds. The Morgan fingerprint density at radius 1 is 0.848 bits per heavy atom. The van der Waals surface area contributed by atoms with Crippen molar-refractivity contribution < 1.29 is 14.3 Å². The van der Waals surface area contributed by atoms with Crippen molar-refractivity contribution in [2.75, 3.05) is 13.2 Å². The van der Waals surface area contributed by atoms with Gasteiger partial charge >= 0.3 is 6.09 Å². The Morgan fingerprint density at radius 3 is 2.15 bits per heavy atom. The van der Waals surface area contributed by atoms with Gasteiger partial charge in [-0.05, 0) is 66.8 Å². The molecule has 0 saturated heterocycles. The zero-order valence-electron chi connectivity index (χ0n) is 19.6. The van der Waals surface area contributed by atoms with E-state index in [1.807, 2.05) is 99.6 Å². The van der Waals surface area contributed by atoms with E-state index in [9.17, 15) is 4.79 Å². The largest absolute Gasteiger partial charge is 0.490 e. The van der Waals surface area contributed by atoms with Crippen LogP contribution < -0.4 is 10.1 Å². The molecule has 3 rings (SSSR count). The first-order chi connectivity index (χ1) is 15.8. The molecule has 0 heterocycles. The number of nitrogens with one attached hydrogen (secondary N) is 1. The van der Waals surface area contributed by atoms with Gasteiger partial charge in [0.15, 0.2) is 0 Å². The standard InChI is InChI=1S/C29H31NO3/c1-21(2)25-12-9-13-26(20-25)29(4,5)30-28(31)33-19-18-32-27-16-14-24(15-17-27)22(3)23-10-7-6-8-11-23/h6-17,20H,1,3,18-19H2,2,4-5H3,(H,30,31). The van der Waals surface area contributed by atoms with Crippen LogP contribution in [-0.4, -0.2) is 19.3 Å². The third kappa shape index (κ3) is 6.59. The summed E-state index contributed by atoms with van der Waals surface area (Å²) < 4.78 is 11.0. The summed E-state index contributed by atoms with van der Waals surface area (Å²) in [7, 11) is 0. The van der Waals surface area contributed by atoms with E-state index in [1.54, 1.807) is 0 Å². The number of carbonyl (C=O) groups excluding carboxylic acids is 1.